The van der Waals surface area contributed by atoms with Gasteiger partial charge in [-0.1, -0.05) is 12.1 Å². The quantitative estimate of drug-likeness (QED) is 0.717. The Morgan fingerprint density at radius 2 is 2.00 bits per heavy atom. The van der Waals surface area contributed by atoms with Crippen LogP contribution in [0.4, 0.5) is 4.39 Å². The van der Waals surface area contributed by atoms with E-state index in [1.165, 1.54) is 23.1 Å². The van der Waals surface area contributed by atoms with Crippen molar-refractivity contribution in [1.82, 2.24) is 4.90 Å². The van der Waals surface area contributed by atoms with Crippen molar-refractivity contribution in [1.29, 1.82) is 0 Å². The molecule has 0 aliphatic carbocycles. The number of para-hydroxylation sites is 2. The normalized spacial score (nSPS) is 15.9. The first kappa shape index (κ1) is 16.4. The highest BCUT2D eigenvalue weighted by molar-refractivity contribution is 5.98. The first-order valence-electron chi connectivity index (χ1n) is 8.35. The number of hydrogen-bond acceptors (Lipinski definition) is 4. The van der Waals surface area contributed by atoms with E-state index in [0.717, 1.165) is 0 Å². The fourth-order valence-electron chi connectivity index (χ4n) is 3.11. The van der Waals surface area contributed by atoms with Crippen LogP contribution in [0.2, 0.25) is 0 Å². The summed E-state index contributed by atoms with van der Waals surface area (Å²) in [5.74, 6) is 0.944. The van der Waals surface area contributed by atoms with Gasteiger partial charge in [0.2, 0.25) is 0 Å². The maximum absolute atomic E-state index is 13.4. The molecule has 2 heterocycles. The monoisotopic (exact) mass is 355 g/mol. The molecule has 0 saturated carbocycles. The molecule has 0 unspecified atom stereocenters. The number of carbonyl (C=O) groups excluding carboxylic acids is 1. The van der Waals surface area contributed by atoms with Crippen LogP contribution >= 0.6 is 0 Å². The maximum atomic E-state index is 13.4. The van der Waals surface area contributed by atoms with Gasteiger partial charge in [-0.25, -0.2) is 4.39 Å². The van der Waals surface area contributed by atoms with Crippen LogP contribution < -0.4 is 9.47 Å². The number of ether oxygens (including phenoxy) is 2. The number of aryl methyl sites for hydroxylation is 1. The number of rotatable bonds is 3. The number of hydrogen-bond donors (Lipinski definition) is 0. The fraction of sp³-hybridized carbons (Fsp3) is 0.250. The smallest absolute Gasteiger partial charge is 0.289 e. The van der Waals surface area contributed by atoms with Gasteiger partial charge in [0.25, 0.3) is 5.91 Å². The van der Waals surface area contributed by atoms with E-state index >= 15 is 0 Å². The van der Waals surface area contributed by atoms with E-state index in [1.54, 1.807) is 14.0 Å². The van der Waals surface area contributed by atoms with Gasteiger partial charge in [0.05, 0.1) is 6.54 Å². The van der Waals surface area contributed by atoms with Gasteiger partial charge in [-0.15, -0.1) is 0 Å². The summed E-state index contributed by atoms with van der Waals surface area (Å²) in [6, 6.07) is 11.7. The summed E-state index contributed by atoms with van der Waals surface area (Å²) in [6.07, 6.45) is -0.277. The van der Waals surface area contributed by atoms with Crippen LogP contribution in [0.1, 0.15) is 16.1 Å². The van der Waals surface area contributed by atoms with Crippen LogP contribution in [0.3, 0.4) is 0 Å². The van der Waals surface area contributed by atoms with Crippen LogP contribution in [0, 0.1) is 12.7 Å². The first-order chi connectivity index (χ1) is 12.5. The van der Waals surface area contributed by atoms with Gasteiger partial charge < -0.3 is 18.8 Å². The van der Waals surface area contributed by atoms with Crippen molar-refractivity contribution >= 4 is 16.9 Å². The molecule has 0 saturated heterocycles. The summed E-state index contributed by atoms with van der Waals surface area (Å²) in [4.78, 5) is 14.3. The summed E-state index contributed by atoms with van der Waals surface area (Å²) < 4.78 is 30.7. The van der Waals surface area contributed by atoms with Crippen LogP contribution in [0.15, 0.2) is 46.9 Å². The van der Waals surface area contributed by atoms with Gasteiger partial charge in [0, 0.05) is 18.0 Å². The molecule has 0 radical (unpaired) electrons. The molecule has 1 aromatic heterocycles. The fourth-order valence-corrected chi connectivity index (χ4v) is 3.11. The molecule has 1 aliphatic heterocycles. The Kier molecular flexibility index (Phi) is 4.03. The summed E-state index contributed by atoms with van der Waals surface area (Å²) in [6.45, 7) is 2.46. The second-order valence-corrected chi connectivity index (χ2v) is 6.38. The third-order valence-electron chi connectivity index (χ3n) is 4.48. The van der Waals surface area contributed by atoms with Gasteiger partial charge in [0.1, 0.15) is 18.0 Å². The summed E-state index contributed by atoms with van der Waals surface area (Å²) in [5.41, 5.74) is 1.12. The predicted octanol–water partition coefficient (Wildman–Crippen LogP) is 3.79. The van der Waals surface area contributed by atoms with Gasteiger partial charge in [-0.05, 0) is 37.3 Å². The van der Waals surface area contributed by atoms with E-state index in [1.807, 2.05) is 24.3 Å². The number of likely N-dealkylation sites (N-methyl/N-ethyl adjacent to an activating group) is 1. The molecule has 6 heteroatoms. The summed E-state index contributed by atoms with van der Waals surface area (Å²) >= 11 is 0. The van der Waals surface area contributed by atoms with Crippen molar-refractivity contribution in [2.24, 2.45) is 0 Å². The van der Waals surface area contributed by atoms with E-state index in [-0.39, 0.29) is 23.6 Å². The van der Waals surface area contributed by atoms with Gasteiger partial charge >= 0.3 is 0 Å². The van der Waals surface area contributed by atoms with E-state index in [9.17, 15) is 9.18 Å². The van der Waals surface area contributed by atoms with Gasteiger partial charge in [-0.2, -0.15) is 0 Å². The Hall–Kier alpha value is -3.02. The van der Waals surface area contributed by atoms with Gasteiger partial charge in [0.15, 0.2) is 23.4 Å². The first-order valence-corrected chi connectivity index (χ1v) is 8.35. The molecular formula is C20H18FNO4. The van der Waals surface area contributed by atoms with Crippen molar-refractivity contribution in [3.05, 3.63) is 59.6 Å². The Morgan fingerprint density at radius 1 is 1.23 bits per heavy atom. The molecule has 3 aromatic rings. The molecule has 2 aromatic carbocycles. The van der Waals surface area contributed by atoms with E-state index < -0.39 is 0 Å². The van der Waals surface area contributed by atoms with Crippen molar-refractivity contribution < 1.29 is 23.1 Å². The van der Waals surface area contributed by atoms with Crippen LogP contribution in [0.25, 0.3) is 11.0 Å². The molecule has 26 heavy (non-hydrogen) atoms. The second kappa shape index (κ2) is 6.37. The third kappa shape index (κ3) is 2.87. The number of nitrogens with zero attached hydrogens (tertiary/aromatic N) is 1. The lowest BCUT2D eigenvalue weighted by Gasteiger charge is -2.29. The van der Waals surface area contributed by atoms with Crippen molar-refractivity contribution in [2.45, 2.75) is 13.0 Å². The molecule has 1 amide bonds. The minimum atomic E-state index is -0.361. The van der Waals surface area contributed by atoms with E-state index in [0.29, 0.717) is 41.2 Å². The van der Waals surface area contributed by atoms with Crippen molar-refractivity contribution in [2.75, 3.05) is 20.2 Å². The van der Waals surface area contributed by atoms with Crippen molar-refractivity contribution in [3.63, 3.8) is 0 Å². The highest BCUT2D eigenvalue weighted by Crippen LogP contribution is 2.31. The minimum absolute atomic E-state index is 0.213. The minimum Gasteiger partial charge on any atom is -0.486 e. The van der Waals surface area contributed by atoms with Gasteiger partial charge in [-0.3, -0.25) is 4.79 Å². The number of fused-ring (bicyclic) bond motifs is 2. The second-order valence-electron chi connectivity index (χ2n) is 6.38. The molecule has 0 N–H and O–H groups in total. The standard InChI is InChI=1S/C20H18FNO4/c1-12-15-9-13(21)7-8-16(15)26-19(12)20(23)22(2)10-14-11-24-17-5-3-4-6-18(17)25-14/h3-9,14H,10-11H2,1-2H3/t14-/m0/s1. The summed E-state index contributed by atoms with van der Waals surface area (Å²) in [7, 11) is 1.68. The number of carbonyl (C=O) groups is 1. The lowest BCUT2D eigenvalue weighted by atomic mass is 10.1. The highest BCUT2D eigenvalue weighted by atomic mass is 19.1. The zero-order chi connectivity index (χ0) is 18.3. The average molecular weight is 355 g/mol. The Balaban J connectivity index is 1.51. The number of benzene rings is 2. The molecule has 1 aliphatic rings. The topological polar surface area (TPSA) is 51.9 Å². The lowest BCUT2D eigenvalue weighted by Crippen LogP contribution is -2.41. The highest BCUT2D eigenvalue weighted by Gasteiger charge is 2.27. The molecule has 0 fully saturated rings. The van der Waals surface area contributed by atoms with Crippen LogP contribution in [-0.2, 0) is 0 Å². The van der Waals surface area contributed by atoms with E-state index in [2.05, 4.69) is 0 Å². The Morgan fingerprint density at radius 3 is 2.81 bits per heavy atom. The zero-order valence-electron chi connectivity index (χ0n) is 14.5. The van der Waals surface area contributed by atoms with Crippen molar-refractivity contribution in [3.8, 4) is 11.5 Å². The average Bonchev–Trinajstić information content (AvgIpc) is 2.97. The molecule has 1 atom stereocenters. The molecule has 5 nitrogen and oxygen atoms in total. The SMILES string of the molecule is Cc1c(C(=O)N(C)C[C@H]2COc3ccccc3O2)oc2ccc(F)cc12. The number of furan rings is 1. The molecular weight excluding hydrogens is 337 g/mol. The largest absolute Gasteiger partial charge is 0.486 e. The maximum Gasteiger partial charge on any atom is 0.289 e. The number of halogens is 1. The molecule has 0 bridgehead atoms. The Bertz CT molecular complexity index is 981. The lowest BCUT2D eigenvalue weighted by molar-refractivity contribution is 0.0502. The molecule has 4 rings (SSSR count). The Labute approximate surface area is 149 Å². The summed E-state index contributed by atoms with van der Waals surface area (Å²) in [5, 5.41) is 0.605. The zero-order valence-corrected chi connectivity index (χ0v) is 14.5. The molecule has 134 valence electrons. The third-order valence-corrected chi connectivity index (χ3v) is 4.48. The molecule has 0 spiro atoms. The van der Waals surface area contributed by atoms with E-state index in [4.69, 9.17) is 13.9 Å². The van der Waals surface area contributed by atoms with Crippen LogP contribution in [0.5, 0.6) is 11.5 Å². The van der Waals surface area contributed by atoms with Crippen LogP contribution in [-0.4, -0.2) is 37.1 Å². The predicted molar refractivity (Wildman–Crippen MR) is 94.2 cm³/mol. The number of amides is 1.